The number of nitrogens with zero attached hydrogens (tertiary/aromatic N) is 2. The average Bonchev–Trinajstić information content (AvgIpc) is 2.90. The molecule has 0 aliphatic rings. The zero-order valence-corrected chi connectivity index (χ0v) is 14.1. The van der Waals surface area contributed by atoms with Gasteiger partial charge in [-0.1, -0.05) is 5.16 Å². The number of ether oxygens (including phenoxy) is 1. The Balaban J connectivity index is 2.31. The van der Waals surface area contributed by atoms with E-state index in [1.165, 1.54) is 0 Å². The van der Waals surface area contributed by atoms with Gasteiger partial charge in [-0.25, -0.2) is 4.79 Å². The van der Waals surface area contributed by atoms with Crippen molar-refractivity contribution in [3.05, 3.63) is 29.2 Å². The number of anilines is 1. The minimum Gasteiger partial charge on any atom is -0.444 e. The highest BCUT2D eigenvalue weighted by atomic mass is 16.6. The van der Waals surface area contributed by atoms with Gasteiger partial charge in [-0.3, -0.25) is 5.32 Å². The lowest BCUT2D eigenvalue weighted by molar-refractivity contribution is 0.0636. The Morgan fingerprint density at radius 3 is 2.61 bits per heavy atom. The third-order valence-corrected chi connectivity index (χ3v) is 3.20. The molecule has 3 N–H and O–H groups in total. The molecule has 0 unspecified atom stereocenters. The van der Waals surface area contributed by atoms with Crippen LogP contribution in [0.5, 0.6) is 0 Å². The molecule has 124 valence electrons. The minimum atomic E-state index is -0.561. The molecule has 0 spiro atoms. The molecule has 0 atom stereocenters. The van der Waals surface area contributed by atoms with Crippen molar-refractivity contribution in [1.29, 1.82) is 0 Å². The maximum Gasteiger partial charge on any atom is 0.412 e. The number of aryl methyl sites for hydroxylation is 1. The van der Waals surface area contributed by atoms with Crippen molar-refractivity contribution in [3.63, 3.8) is 0 Å². The van der Waals surface area contributed by atoms with Crippen molar-refractivity contribution in [1.82, 2.24) is 10.1 Å². The van der Waals surface area contributed by atoms with Crippen molar-refractivity contribution in [2.75, 3.05) is 5.32 Å². The number of rotatable bonds is 3. The molecule has 1 aromatic carbocycles. The Hall–Kier alpha value is -2.41. The van der Waals surface area contributed by atoms with Crippen LogP contribution in [0.25, 0.3) is 11.4 Å². The lowest BCUT2D eigenvalue weighted by Crippen LogP contribution is -2.27. The fraction of sp³-hybridized carbons (Fsp3) is 0.438. The molecule has 1 heterocycles. The second kappa shape index (κ2) is 6.37. The normalized spacial score (nSPS) is 11.4. The molecule has 0 fully saturated rings. The summed E-state index contributed by atoms with van der Waals surface area (Å²) in [7, 11) is 0. The Bertz CT molecular complexity index is 717. The van der Waals surface area contributed by atoms with Crippen LogP contribution in [0.2, 0.25) is 0 Å². The smallest absolute Gasteiger partial charge is 0.412 e. The topological polar surface area (TPSA) is 103 Å². The lowest BCUT2D eigenvalue weighted by Gasteiger charge is -2.20. The summed E-state index contributed by atoms with van der Waals surface area (Å²) >= 11 is 0. The van der Waals surface area contributed by atoms with Crippen molar-refractivity contribution in [3.8, 4) is 11.4 Å². The van der Waals surface area contributed by atoms with Crippen LogP contribution in [0.4, 0.5) is 10.5 Å². The van der Waals surface area contributed by atoms with E-state index in [1.54, 1.807) is 6.07 Å². The van der Waals surface area contributed by atoms with E-state index in [1.807, 2.05) is 40.7 Å². The van der Waals surface area contributed by atoms with Gasteiger partial charge in [-0.05, 0) is 57.9 Å². The van der Waals surface area contributed by atoms with Crippen molar-refractivity contribution in [2.24, 2.45) is 5.73 Å². The van der Waals surface area contributed by atoms with E-state index in [0.29, 0.717) is 17.4 Å². The molecule has 0 bridgehead atoms. The molecular weight excluding hydrogens is 296 g/mol. The molecule has 23 heavy (non-hydrogen) atoms. The molecule has 2 aromatic rings. The standard InChI is InChI=1S/C16H22N4O3/c1-9-6-11(14-19-13(8-17)23-20-14)7-12(10(9)2)18-15(21)22-16(3,4)5/h6-7H,8,17H2,1-5H3,(H,18,21). The Morgan fingerprint density at radius 2 is 2.04 bits per heavy atom. The first-order valence-electron chi connectivity index (χ1n) is 7.34. The number of carbonyl (C=O) groups excluding carboxylic acids is 1. The van der Waals surface area contributed by atoms with E-state index in [4.69, 9.17) is 15.0 Å². The molecule has 1 aromatic heterocycles. The van der Waals surface area contributed by atoms with E-state index in [0.717, 1.165) is 16.7 Å². The predicted molar refractivity (Wildman–Crippen MR) is 87.0 cm³/mol. The van der Waals surface area contributed by atoms with Crippen LogP contribution >= 0.6 is 0 Å². The van der Waals surface area contributed by atoms with Gasteiger partial charge in [0.2, 0.25) is 11.7 Å². The fourth-order valence-corrected chi connectivity index (χ4v) is 1.99. The largest absolute Gasteiger partial charge is 0.444 e. The molecule has 0 radical (unpaired) electrons. The molecule has 0 saturated heterocycles. The first kappa shape index (κ1) is 17.0. The lowest BCUT2D eigenvalue weighted by atomic mass is 10.0. The van der Waals surface area contributed by atoms with Crippen LogP contribution in [0.15, 0.2) is 16.7 Å². The summed E-state index contributed by atoms with van der Waals surface area (Å²) in [6, 6.07) is 3.72. The van der Waals surface area contributed by atoms with E-state index in [9.17, 15) is 4.79 Å². The Labute approximate surface area is 135 Å². The van der Waals surface area contributed by atoms with E-state index < -0.39 is 11.7 Å². The third-order valence-electron chi connectivity index (χ3n) is 3.20. The minimum absolute atomic E-state index is 0.181. The number of benzene rings is 1. The molecule has 7 heteroatoms. The van der Waals surface area contributed by atoms with Gasteiger partial charge in [-0.15, -0.1) is 0 Å². The quantitative estimate of drug-likeness (QED) is 0.901. The third kappa shape index (κ3) is 4.29. The number of hydrogen-bond donors (Lipinski definition) is 2. The monoisotopic (exact) mass is 318 g/mol. The van der Waals surface area contributed by atoms with Gasteiger partial charge in [0, 0.05) is 11.3 Å². The average molecular weight is 318 g/mol. The van der Waals surface area contributed by atoms with Gasteiger partial charge in [-0.2, -0.15) is 4.98 Å². The van der Waals surface area contributed by atoms with Crippen LogP contribution in [-0.4, -0.2) is 21.8 Å². The van der Waals surface area contributed by atoms with Crippen molar-refractivity contribution in [2.45, 2.75) is 46.8 Å². The van der Waals surface area contributed by atoms with Gasteiger partial charge >= 0.3 is 6.09 Å². The Kier molecular flexibility index (Phi) is 4.70. The highest BCUT2D eigenvalue weighted by Crippen LogP contribution is 2.27. The fourth-order valence-electron chi connectivity index (χ4n) is 1.99. The molecule has 0 saturated carbocycles. The maximum atomic E-state index is 12.0. The summed E-state index contributed by atoms with van der Waals surface area (Å²) in [4.78, 5) is 16.2. The van der Waals surface area contributed by atoms with Crippen LogP contribution < -0.4 is 11.1 Å². The summed E-state index contributed by atoms with van der Waals surface area (Å²) in [5.41, 5.74) is 8.24. The molecule has 1 amide bonds. The maximum absolute atomic E-state index is 12.0. The zero-order chi connectivity index (χ0) is 17.2. The summed E-state index contributed by atoms with van der Waals surface area (Å²) < 4.78 is 10.3. The first-order chi connectivity index (χ1) is 10.7. The molecule has 0 aliphatic carbocycles. The van der Waals surface area contributed by atoms with Crippen molar-refractivity contribution >= 4 is 11.8 Å². The summed E-state index contributed by atoms with van der Waals surface area (Å²) in [5.74, 6) is 0.792. The summed E-state index contributed by atoms with van der Waals surface area (Å²) in [5, 5.41) is 6.66. The van der Waals surface area contributed by atoms with Gasteiger partial charge < -0.3 is 15.0 Å². The summed E-state index contributed by atoms with van der Waals surface area (Å²) in [6.07, 6.45) is -0.507. The predicted octanol–water partition coefficient (Wildman–Crippen LogP) is 3.16. The number of aromatic nitrogens is 2. The van der Waals surface area contributed by atoms with Gasteiger partial charge in [0.25, 0.3) is 0 Å². The van der Waals surface area contributed by atoms with E-state index in [-0.39, 0.29) is 6.54 Å². The number of hydrogen-bond acceptors (Lipinski definition) is 6. The van der Waals surface area contributed by atoms with E-state index >= 15 is 0 Å². The number of carbonyl (C=O) groups is 1. The molecular formula is C16H22N4O3. The van der Waals surface area contributed by atoms with Crippen LogP contribution in [0.1, 0.15) is 37.8 Å². The van der Waals surface area contributed by atoms with E-state index in [2.05, 4.69) is 15.5 Å². The van der Waals surface area contributed by atoms with Gasteiger partial charge in [0.15, 0.2) is 0 Å². The van der Waals surface area contributed by atoms with Crippen LogP contribution in [0.3, 0.4) is 0 Å². The first-order valence-corrected chi connectivity index (χ1v) is 7.34. The van der Waals surface area contributed by atoms with Crippen molar-refractivity contribution < 1.29 is 14.1 Å². The molecule has 0 aliphatic heterocycles. The van der Waals surface area contributed by atoms with Crippen LogP contribution in [0, 0.1) is 13.8 Å². The SMILES string of the molecule is Cc1cc(-c2noc(CN)n2)cc(NC(=O)OC(C)(C)C)c1C. The second-order valence-electron chi connectivity index (χ2n) is 6.31. The van der Waals surface area contributed by atoms with Crippen LogP contribution in [-0.2, 0) is 11.3 Å². The highest BCUT2D eigenvalue weighted by Gasteiger charge is 2.18. The molecule has 7 nitrogen and oxygen atoms in total. The molecule has 2 rings (SSSR count). The zero-order valence-electron chi connectivity index (χ0n) is 14.1. The Morgan fingerprint density at radius 1 is 1.35 bits per heavy atom. The highest BCUT2D eigenvalue weighted by molar-refractivity contribution is 5.87. The van der Waals surface area contributed by atoms with Gasteiger partial charge in [0.05, 0.1) is 6.54 Å². The number of nitrogens with two attached hydrogens (primary N) is 1. The second-order valence-corrected chi connectivity index (χ2v) is 6.31. The van der Waals surface area contributed by atoms with Gasteiger partial charge in [0.1, 0.15) is 5.60 Å². The number of amides is 1. The number of nitrogens with one attached hydrogen (secondary N) is 1. The summed E-state index contributed by atoms with van der Waals surface area (Å²) in [6.45, 7) is 9.50.